The van der Waals surface area contributed by atoms with Crippen molar-refractivity contribution in [3.05, 3.63) is 42.6 Å². The summed E-state index contributed by atoms with van der Waals surface area (Å²) in [4.78, 5) is 4.58. The van der Waals surface area contributed by atoms with Crippen LogP contribution in [0.4, 0.5) is 0 Å². The molecule has 0 aliphatic rings. The molecule has 1 aromatic heterocycles. The van der Waals surface area contributed by atoms with E-state index in [1.165, 1.54) is 0 Å². The SMILES string of the molecule is CCOC(O)COc1c(-c2ccc(OC)cc2)cnc2cc(OC)cc(OC)c12. The summed E-state index contributed by atoms with van der Waals surface area (Å²) in [5, 5.41) is 10.7. The third kappa shape index (κ3) is 4.52. The van der Waals surface area contributed by atoms with Crippen LogP contribution in [-0.4, -0.2) is 50.9 Å². The zero-order valence-corrected chi connectivity index (χ0v) is 17.0. The number of aliphatic hydroxyl groups is 1. The lowest BCUT2D eigenvalue weighted by Crippen LogP contribution is -2.21. The molecule has 3 aromatic rings. The van der Waals surface area contributed by atoms with Crippen molar-refractivity contribution < 1.29 is 28.8 Å². The van der Waals surface area contributed by atoms with Gasteiger partial charge in [-0.05, 0) is 24.6 Å². The first-order valence-electron chi connectivity index (χ1n) is 9.22. The number of pyridine rings is 1. The van der Waals surface area contributed by atoms with E-state index in [1.54, 1.807) is 33.6 Å². The van der Waals surface area contributed by atoms with Gasteiger partial charge < -0.3 is 28.8 Å². The van der Waals surface area contributed by atoms with E-state index >= 15 is 0 Å². The second-order valence-corrected chi connectivity index (χ2v) is 6.17. The lowest BCUT2D eigenvalue weighted by atomic mass is 10.0. The largest absolute Gasteiger partial charge is 0.497 e. The monoisotopic (exact) mass is 399 g/mol. The van der Waals surface area contributed by atoms with E-state index in [0.29, 0.717) is 34.8 Å². The number of benzene rings is 2. The van der Waals surface area contributed by atoms with Crippen LogP contribution in [0.1, 0.15) is 6.92 Å². The predicted octanol–water partition coefficient (Wildman–Crippen LogP) is 3.66. The summed E-state index contributed by atoms with van der Waals surface area (Å²) in [6.45, 7) is 2.15. The number of aromatic nitrogens is 1. The summed E-state index contributed by atoms with van der Waals surface area (Å²) >= 11 is 0. The molecular formula is C22H25NO6. The molecule has 0 aliphatic heterocycles. The zero-order chi connectivity index (χ0) is 20.8. The second kappa shape index (κ2) is 9.45. The quantitative estimate of drug-likeness (QED) is 0.550. The predicted molar refractivity (Wildman–Crippen MR) is 110 cm³/mol. The van der Waals surface area contributed by atoms with E-state index < -0.39 is 6.29 Å². The van der Waals surface area contributed by atoms with Gasteiger partial charge in [0.1, 0.15) is 29.6 Å². The minimum atomic E-state index is -1.05. The Morgan fingerprint density at radius 3 is 2.31 bits per heavy atom. The van der Waals surface area contributed by atoms with Crippen molar-refractivity contribution in [2.45, 2.75) is 13.2 Å². The van der Waals surface area contributed by atoms with Gasteiger partial charge in [0.15, 0.2) is 6.29 Å². The molecular weight excluding hydrogens is 374 g/mol. The minimum absolute atomic E-state index is 0.0364. The topological polar surface area (TPSA) is 79.3 Å². The molecule has 0 radical (unpaired) electrons. The molecule has 7 heteroatoms. The lowest BCUT2D eigenvalue weighted by molar-refractivity contribution is -0.115. The van der Waals surface area contributed by atoms with Gasteiger partial charge >= 0.3 is 0 Å². The van der Waals surface area contributed by atoms with Gasteiger partial charge in [-0.2, -0.15) is 0 Å². The number of hydrogen-bond acceptors (Lipinski definition) is 7. The Hall–Kier alpha value is -3.03. The number of aliphatic hydroxyl groups excluding tert-OH is 1. The molecule has 1 atom stereocenters. The van der Waals surface area contributed by atoms with Gasteiger partial charge in [0.2, 0.25) is 0 Å². The number of nitrogens with zero attached hydrogens (tertiary/aromatic N) is 1. The molecule has 0 fully saturated rings. The maximum Gasteiger partial charge on any atom is 0.189 e. The number of fused-ring (bicyclic) bond motifs is 1. The van der Waals surface area contributed by atoms with E-state index in [1.807, 2.05) is 37.3 Å². The van der Waals surface area contributed by atoms with Crippen LogP contribution in [0.2, 0.25) is 0 Å². The first kappa shape index (κ1) is 20.7. The van der Waals surface area contributed by atoms with Gasteiger partial charge in [-0.25, -0.2) is 0 Å². The van der Waals surface area contributed by atoms with Gasteiger partial charge in [-0.3, -0.25) is 4.98 Å². The highest BCUT2D eigenvalue weighted by molar-refractivity contribution is 5.97. The van der Waals surface area contributed by atoms with E-state index in [4.69, 9.17) is 23.7 Å². The molecule has 1 N–H and O–H groups in total. The number of ether oxygens (including phenoxy) is 5. The average Bonchev–Trinajstić information content (AvgIpc) is 2.76. The molecule has 0 saturated heterocycles. The maximum atomic E-state index is 9.99. The van der Waals surface area contributed by atoms with Gasteiger partial charge in [0.05, 0.1) is 32.2 Å². The fourth-order valence-corrected chi connectivity index (χ4v) is 3.03. The normalized spacial score (nSPS) is 11.9. The Morgan fingerprint density at radius 2 is 1.69 bits per heavy atom. The molecule has 1 heterocycles. The average molecular weight is 399 g/mol. The number of hydrogen-bond donors (Lipinski definition) is 1. The Bertz CT molecular complexity index is 958. The lowest BCUT2D eigenvalue weighted by Gasteiger charge is -2.19. The Labute approximate surface area is 169 Å². The van der Waals surface area contributed by atoms with E-state index in [9.17, 15) is 5.11 Å². The summed E-state index contributed by atoms with van der Waals surface area (Å²) in [5.74, 6) is 2.47. The smallest absolute Gasteiger partial charge is 0.189 e. The third-order valence-electron chi connectivity index (χ3n) is 4.45. The van der Waals surface area contributed by atoms with Crippen molar-refractivity contribution in [2.24, 2.45) is 0 Å². The highest BCUT2D eigenvalue weighted by Crippen LogP contribution is 2.42. The van der Waals surface area contributed by atoms with Gasteiger partial charge in [0.25, 0.3) is 0 Å². The molecule has 1 unspecified atom stereocenters. The van der Waals surface area contributed by atoms with Gasteiger partial charge in [-0.1, -0.05) is 12.1 Å². The molecule has 0 aliphatic carbocycles. The van der Waals surface area contributed by atoms with E-state index in [0.717, 1.165) is 16.9 Å². The van der Waals surface area contributed by atoms with Crippen LogP contribution in [0, 0.1) is 0 Å². The van der Waals surface area contributed by atoms with Crippen LogP contribution < -0.4 is 18.9 Å². The van der Waals surface area contributed by atoms with Gasteiger partial charge in [0, 0.05) is 30.5 Å². The summed E-state index contributed by atoms with van der Waals surface area (Å²) in [7, 11) is 4.78. The van der Waals surface area contributed by atoms with Crippen molar-refractivity contribution in [3.8, 4) is 34.1 Å². The van der Waals surface area contributed by atoms with Crippen molar-refractivity contribution in [3.63, 3.8) is 0 Å². The second-order valence-electron chi connectivity index (χ2n) is 6.17. The molecule has 154 valence electrons. The summed E-state index contributed by atoms with van der Waals surface area (Å²) in [6.07, 6.45) is 0.682. The Morgan fingerprint density at radius 1 is 0.966 bits per heavy atom. The van der Waals surface area contributed by atoms with E-state index in [2.05, 4.69) is 4.98 Å². The molecule has 0 spiro atoms. The first-order valence-corrected chi connectivity index (χ1v) is 9.22. The molecule has 0 amide bonds. The van der Waals surface area contributed by atoms with Crippen molar-refractivity contribution in [2.75, 3.05) is 34.5 Å². The summed E-state index contributed by atoms with van der Waals surface area (Å²) in [6, 6.07) is 11.1. The summed E-state index contributed by atoms with van der Waals surface area (Å²) < 4.78 is 27.4. The zero-order valence-electron chi connectivity index (χ0n) is 17.0. The minimum Gasteiger partial charge on any atom is -0.497 e. The van der Waals surface area contributed by atoms with Crippen LogP contribution in [0.15, 0.2) is 42.6 Å². The van der Waals surface area contributed by atoms with Crippen LogP contribution in [0.25, 0.3) is 22.0 Å². The molecule has 7 nitrogen and oxygen atoms in total. The van der Waals surface area contributed by atoms with Crippen LogP contribution in [0.3, 0.4) is 0 Å². The van der Waals surface area contributed by atoms with Crippen molar-refractivity contribution in [1.29, 1.82) is 0 Å². The Kier molecular flexibility index (Phi) is 6.74. The fraction of sp³-hybridized carbons (Fsp3) is 0.318. The highest BCUT2D eigenvalue weighted by Gasteiger charge is 2.19. The van der Waals surface area contributed by atoms with Crippen LogP contribution >= 0.6 is 0 Å². The maximum absolute atomic E-state index is 9.99. The number of methoxy groups -OCH3 is 3. The third-order valence-corrected chi connectivity index (χ3v) is 4.45. The highest BCUT2D eigenvalue weighted by atomic mass is 16.6. The molecule has 0 saturated carbocycles. The van der Waals surface area contributed by atoms with Crippen LogP contribution in [0.5, 0.6) is 23.0 Å². The fourth-order valence-electron chi connectivity index (χ4n) is 3.03. The van der Waals surface area contributed by atoms with Crippen molar-refractivity contribution >= 4 is 10.9 Å². The molecule has 2 aromatic carbocycles. The molecule has 0 bridgehead atoms. The molecule has 29 heavy (non-hydrogen) atoms. The van der Waals surface area contributed by atoms with Crippen molar-refractivity contribution in [1.82, 2.24) is 4.98 Å². The molecule has 3 rings (SSSR count). The number of rotatable bonds is 9. The summed E-state index contributed by atoms with van der Waals surface area (Å²) in [5.41, 5.74) is 2.30. The standard InChI is InChI=1S/C22H25NO6/c1-5-28-20(24)13-29-22-17(14-6-8-15(25-2)9-7-14)12-23-18-10-16(26-3)11-19(27-4)21(18)22/h6-12,20,24H,5,13H2,1-4H3. The van der Waals surface area contributed by atoms with Crippen LogP contribution in [-0.2, 0) is 4.74 Å². The van der Waals surface area contributed by atoms with E-state index in [-0.39, 0.29) is 6.61 Å². The van der Waals surface area contributed by atoms with Gasteiger partial charge in [-0.15, -0.1) is 0 Å². The Balaban J connectivity index is 2.16. The first-order chi connectivity index (χ1) is 14.1.